The second-order valence-electron chi connectivity index (χ2n) is 6.39. The summed E-state index contributed by atoms with van der Waals surface area (Å²) in [6.45, 7) is 0.332. The first kappa shape index (κ1) is 17.1. The molecule has 27 heavy (non-hydrogen) atoms. The number of nitrogens with zero attached hydrogens (tertiary/aromatic N) is 1. The van der Waals surface area contributed by atoms with E-state index in [0.717, 1.165) is 28.0 Å². The summed E-state index contributed by atoms with van der Waals surface area (Å²) in [7, 11) is 3.22. The Hall–Kier alpha value is -3.28. The van der Waals surface area contributed by atoms with E-state index >= 15 is 0 Å². The molecule has 0 spiro atoms. The molecule has 0 bridgehead atoms. The monoisotopic (exact) mass is 364 g/mol. The summed E-state index contributed by atoms with van der Waals surface area (Å²) in [6.07, 6.45) is 2.33. The van der Waals surface area contributed by atoms with Crippen molar-refractivity contribution in [3.05, 3.63) is 54.2 Å². The van der Waals surface area contributed by atoms with Crippen LogP contribution in [0.25, 0.3) is 10.9 Å². The van der Waals surface area contributed by atoms with E-state index in [1.807, 2.05) is 42.5 Å². The first-order valence-corrected chi connectivity index (χ1v) is 8.72. The maximum absolute atomic E-state index is 12.8. The summed E-state index contributed by atoms with van der Waals surface area (Å²) in [5, 5.41) is 3.86. The third-order valence-electron chi connectivity index (χ3n) is 4.76. The SMILES string of the molecule is COc1ccc2c(c1)OC[C@@H](C(=O)Nc1ccc(OC)c3ncccc13)C2. The molecule has 0 aliphatic carbocycles. The Bertz CT molecular complexity index is 1000. The van der Waals surface area contributed by atoms with Gasteiger partial charge in [0, 0.05) is 17.6 Å². The Balaban J connectivity index is 1.56. The Kier molecular flexibility index (Phi) is 4.54. The minimum Gasteiger partial charge on any atom is -0.497 e. The number of methoxy groups -OCH3 is 2. The van der Waals surface area contributed by atoms with Crippen molar-refractivity contribution in [2.24, 2.45) is 5.92 Å². The number of ether oxygens (including phenoxy) is 3. The molecule has 0 unspecified atom stereocenters. The number of benzene rings is 2. The topological polar surface area (TPSA) is 69.7 Å². The normalized spacial score (nSPS) is 15.6. The molecule has 3 aromatic rings. The molecule has 1 atom stereocenters. The Morgan fingerprint density at radius 1 is 1.19 bits per heavy atom. The van der Waals surface area contributed by atoms with Gasteiger partial charge in [0.2, 0.25) is 5.91 Å². The van der Waals surface area contributed by atoms with Crippen LogP contribution in [0.4, 0.5) is 5.69 Å². The van der Waals surface area contributed by atoms with E-state index in [9.17, 15) is 4.79 Å². The van der Waals surface area contributed by atoms with Crippen LogP contribution in [0.5, 0.6) is 17.2 Å². The summed E-state index contributed by atoms with van der Waals surface area (Å²) < 4.78 is 16.4. The zero-order valence-corrected chi connectivity index (χ0v) is 15.2. The number of carbonyl (C=O) groups excluding carboxylic acids is 1. The highest BCUT2D eigenvalue weighted by molar-refractivity contribution is 6.03. The van der Waals surface area contributed by atoms with E-state index in [2.05, 4.69) is 10.3 Å². The highest BCUT2D eigenvalue weighted by atomic mass is 16.5. The molecular weight excluding hydrogens is 344 g/mol. The van der Waals surface area contributed by atoms with Crippen LogP contribution in [0.1, 0.15) is 5.56 Å². The van der Waals surface area contributed by atoms with Crippen molar-refractivity contribution >= 4 is 22.5 Å². The van der Waals surface area contributed by atoms with Gasteiger partial charge in [0.15, 0.2) is 0 Å². The van der Waals surface area contributed by atoms with Crippen molar-refractivity contribution in [2.45, 2.75) is 6.42 Å². The fourth-order valence-corrected chi connectivity index (χ4v) is 3.30. The fraction of sp³-hybridized carbons (Fsp3) is 0.238. The molecule has 138 valence electrons. The molecule has 2 heterocycles. The summed E-state index contributed by atoms with van der Waals surface area (Å²) in [5.74, 6) is 1.85. The maximum atomic E-state index is 12.8. The van der Waals surface area contributed by atoms with Gasteiger partial charge in [0.1, 0.15) is 29.4 Å². The quantitative estimate of drug-likeness (QED) is 0.768. The number of carbonyl (C=O) groups is 1. The highest BCUT2D eigenvalue weighted by Crippen LogP contribution is 2.33. The van der Waals surface area contributed by atoms with E-state index in [1.54, 1.807) is 20.4 Å². The molecule has 6 nitrogen and oxygen atoms in total. The molecule has 6 heteroatoms. The summed E-state index contributed by atoms with van der Waals surface area (Å²) >= 11 is 0. The molecule has 2 aromatic carbocycles. The third-order valence-corrected chi connectivity index (χ3v) is 4.76. The minimum absolute atomic E-state index is 0.0770. The van der Waals surface area contributed by atoms with E-state index in [1.165, 1.54) is 0 Å². The van der Waals surface area contributed by atoms with Crippen LogP contribution < -0.4 is 19.5 Å². The number of anilines is 1. The second kappa shape index (κ2) is 7.15. The van der Waals surface area contributed by atoms with Gasteiger partial charge in [-0.05, 0) is 42.3 Å². The molecule has 0 saturated heterocycles. The first-order valence-electron chi connectivity index (χ1n) is 8.72. The van der Waals surface area contributed by atoms with Crippen LogP contribution in [0, 0.1) is 5.92 Å². The van der Waals surface area contributed by atoms with Crippen molar-refractivity contribution in [1.82, 2.24) is 4.98 Å². The van der Waals surface area contributed by atoms with Crippen LogP contribution in [-0.4, -0.2) is 31.7 Å². The fourth-order valence-electron chi connectivity index (χ4n) is 3.30. The van der Waals surface area contributed by atoms with Crippen molar-refractivity contribution in [2.75, 3.05) is 26.1 Å². The standard InChI is InChI=1S/C21H20N2O4/c1-25-15-6-5-13-10-14(12-27-19(13)11-15)21(24)23-17-7-8-18(26-2)20-16(17)4-3-9-22-20/h3-9,11,14H,10,12H2,1-2H3,(H,23,24)/t14-/m0/s1. The predicted octanol–water partition coefficient (Wildman–Crippen LogP) is 3.44. The lowest BCUT2D eigenvalue weighted by Crippen LogP contribution is -2.32. The van der Waals surface area contributed by atoms with Gasteiger partial charge in [-0.2, -0.15) is 0 Å². The number of hydrogen-bond donors (Lipinski definition) is 1. The van der Waals surface area contributed by atoms with Crippen molar-refractivity contribution in [3.63, 3.8) is 0 Å². The molecule has 1 N–H and O–H groups in total. The summed E-state index contributed by atoms with van der Waals surface area (Å²) in [4.78, 5) is 17.2. The Labute approximate surface area is 157 Å². The van der Waals surface area contributed by atoms with Crippen molar-refractivity contribution in [1.29, 1.82) is 0 Å². The van der Waals surface area contributed by atoms with E-state index in [4.69, 9.17) is 14.2 Å². The molecule has 1 aliphatic rings. The molecule has 4 rings (SSSR count). The average Bonchev–Trinajstić information content (AvgIpc) is 2.73. The van der Waals surface area contributed by atoms with Crippen LogP contribution >= 0.6 is 0 Å². The van der Waals surface area contributed by atoms with Crippen molar-refractivity contribution in [3.8, 4) is 17.2 Å². The Morgan fingerprint density at radius 3 is 2.89 bits per heavy atom. The lowest BCUT2D eigenvalue weighted by Gasteiger charge is -2.25. The van der Waals surface area contributed by atoms with Gasteiger partial charge in [-0.3, -0.25) is 9.78 Å². The largest absolute Gasteiger partial charge is 0.497 e. The van der Waals surface area contributed by atoms with E-state index in [-0.39, 0.29) is 11.8 Å². The number of aromatic nitrogens is 1. The maximum Gasteiger partial charge on any atom is 0.231 e. The predicted molar refractivity (Wildman–Crippen MR) is 103 cm³/mol. The Morgan fingerprint density at radius 2 is 2.07 bits per heavy atom. The number of amides is 1. The molecule has 1 aromatic heterocycles. The molecule has 1 aliphatic heterocycles. The van der Waals surface area contributed by atoms with Crippen LogP contribution in [0.15, 0.2) is 48.7 Å². The molecule has 1 amide bonds. The van der Waals surface area contributed by atoms with Crippen LogP contribution in [0.2, 0.25) is 0 Å². The van der Waals surface area contributed by atoms with Crippen LogP contribution in [0.3, 0.4) is 0 Å². The molecular formula is C21H20N2O4. The second-order valence-corrected chi connectivity index (χ2v) is 6.39. The van der Waals surface area contributed by atoms with E-state index < -0.39 is 0 Å². The van der Waals surface area contributed by atoms with Gasteiger partial charge in [-0.15, -0.1) is 0 Å². The van der Waals surface area contributed by atoms with Gasteiger partial charge in [0.25, 0.3) is 0 Å². The van der Waals surface area contributed by atoms with Gasteiger partial charge in [-0.1, -0.05) is 6.07 Å². The smallest absolute Gasteiger partial charge is 0.231 e. The zero-order valence-electron chi connectivity index (χ0n) is 15.2. The minimum atomic E-state index is -0.264. The van der Waals surface area contributed by atoms with Gasteiger partial charge in [-0.25, -0.2) is 0 Å². The summed E-state index contributed by atoms with van der Waals surface area (Å²) in [6, 6.07) is 13.1. The zero-order chi connectivity index (χ0) is 18.8. The lowest BCUT2D eigenvalue weighted by molar-refractivity contribution is -0.121. The number of pyridine rings is 1. The van der Waals surface area contributed by atoms with Gasteiger partial charge < -0.3 is 19.5 Å². The number of fused-ring (bicyclic) bond motifs is 2. The summed E-state index contributed by atoms with van der Waals surface area (Å²) in [5.41, 5.74) is 2.43. The number of rotatable bonds is 4. The average molecular weight is 364 g/mol. The third kappa shape index (κ3) is 3.26. The van der Waals surface area contributed by atoms with E-state index in [0.29, 0.717) is 24.5 Å². The van der Waals surface area contributed by atoms with Crippen molar-refractivity contribution < 1.29 is 19.0 Å². The number of hydrogen-bond acceptors (Lipinski definition) is 5. The lowest BCUT2D eigenvalue weighted by atomic mass is 9.95. The van der Waals surface area contributed by atoms with Gasteiger partial charge >= 0.3 is 0 Å². The molecule has 0 fully saturated rings. The molecule has 0 radical (unpaired) electrons. The molecule has 0 saturated carbocycles. The first-order chi connectivity index (χ1) is 13.2. The van der Waals surface area contributed by atoms with Crippen LogP contribution in [-0.2, 0) is 11.2 Å². The highest BCUT2D eigenvalue weighted by Gasteiger charge is 2.27. The van der Waals surface area contributed by atoms with Gasteiger partial charge in [0.05, 0.1) is 25.8 Å². The number of nitrogens with one attached hydrogen (secondary N) is 1.